The van der Waals surface area contributed by atoms with Crippen molar-refractivity contribution in [3.63, 3.8) is 0 Å². The van der Waals surface area contributed by atoms with Gasteiger partial charge in [-0.05, 0) is 31.2 Å². The zero-order valence-corrected chi connectivity index (χ0v) is 19.5. The van der Waals surface area contributed by atoms with Crippen LogP contribution in [0.4, 0.5) is 0 Å². The van der Waals surface area contributed by atoms with Crippen molar-refractivity contribution in [3.8, 4) is 28.3 Å². The van der Waals surface area contributed by atoms with Crippen LogP contribution in [0.15, 0.2) is 96.2 Å². The Bertz CT molecular complexity index is 1430. The molecular formula is C27H23N5OS. The number of hydrogen-bond donors (Lipinski definition) is 1. The van der Waals surface area contributed by atoms with Crippen molar-refractivity contribution in [1.29, 1.82) is 0 Å². The molecular weight excluding hydrogens is 442 g/mol. The lowest BCUT2D eigenvalue weighted by atomic mass is 10.0. The van der Waals surface area contributed by atoms with Crippen LogP contribution in [0.25, 0.3) is 39.2 Å². The molecule has 6 nitrogen and oxygen atoms in total. The molecule has 1 amide bonds. The zero-order valence-electron chi connectivity index (χ0n) is 18.7. The normalized spacial score (nSPS) is 11.0. The minimum absolute atomic E-state index is 0.0302. The molecule has 34 heavy (non-hydrogen) atoms. The van der Waals surface area contributed by atoms with E-state index in [4.69, 9.17) is 4.98 Å². The molecule has 2 heterocycles. The monoisotopic (exact) mass is 465 g/mol. The minimum atomic E-state index is -0.0302. The van der Waals surface area contributed by atoms with Crippen LogP contribution >= 0.6 is 11.8 Å². The summed E-state index contributed by atoms with van der Waals surface area (Å²) in [5.74, 6) is 0.948. The number of rotatable bonds is 7. The molecule has 0 spiro atoms. The van der Waals surface area contributed by atoms with Gasteiger partial charge in [-0.2, -0.15) is 0 Å². The molecule has 0 aliphatic rings. The lowest BCUT2D eigenvalue weighted by Gasteiger charge is -2.13. The maximum absolute atomic E-state index is 12.1. The summed E-state index contributed by atoms with van der Waals surface area (Å²) in [6, 6.07) is 30.2. The molecule has 168 valence electrons. The summed E-state index contributed by atoms with van der Waals surface area (Å²) in [4.78, 5) is 17.0. The third kappa shape index (κ3) is 4.43. The van der Waals surface area contributed by atoms with Crippen LogP contribution in [0, 0.1) is 0 Å². The zero-order chi connectivity index (χ0) is 23.3. The number of carbonyl (C=O) groups excluding carboxylic acids is 1. The number of thioether (sulfide) groups is 1. The number of benzene rings is 3. The summed E-state index contributed by atoms with van der Waals surface area (Å²) in [7, 11) is 0. The summed E-state index contributed by atoms with van der Waals surface area (Å²) in [5.41, 5.74) is 4.66. The third-order valence-electron chi connectivity index (χ3n) is 5.38. The van der Waals surface area contributed by atoms with Gasteiger partial charge in [0.1, 0.15) is 0 Å². The molecule has 5 rings (SSSR count). The quantitative estimate of drug-likeness (QED) is 0.327. The Hall–Kier alpha value is -3.97. The summed E-state index contributed by atoms with van der Waals surface area (Å²) in [5, 5.41) is 13.6. The summed E-state index contributed by atoms with van der Waals surface area (Å²) in [6.07, 6.45) is 0. The predicted molar refractivity (Wildman–Crippen MR) is 137 cm³/mol. The molecule has 7 heteroatoms. The van der Waals surface area contributed by atoms with E-state index >= 15 is 0 Å². The average molecular weight is 466 g/mol. The number of fused-ring (bicyclic) bond motifs is 1. The predicted octanol–water partition coefficient (Wildman–Crippen LogP) is 5.38. The van der Waals surface area contributed by atoms with E-state index < -0.39 is 0 Å². The van der Waals surface area contributed by atoms with Crippen LogP contribution in [-0.4, -0.2) is 38.0 Å². The lowest BCUT2D eigenvalue weighted by molar-refractivity contribution is -0.118. The van der Waals surface area contributed by atoms with Crippen molar-refractivity contribution in [1.82, 2.24) is 25.1 Å². The van der Waals surface area contributed by atoms with E-state index in [2.05, 4.69) is 39.8 Å². The molecule has 0 saturated heterocycles. The van der Waals surface area contributed by atoms with E-state index in [0.29, 0.717) is 17.5 Å². The highest BCUT2D eigenvalue weighted by atomic mass is 32.2. The fourth-order valence-electron chi connectivity index (χ4n) is 3.84. The first-order chi connectivity index (χ1) is 16.7. The molecule has 0 saturated carbocycles. The molecule has 0 fully saturated rings. The number of aromatic nitrogens is 4. The van der Waals surface area contributed by atoms with E-state index in [1.165, 1.54) is 11.8 Å². The second-order valence-electron chi connectivity index (χ2n) is 7.66. The van der Waals surface area contributed by atoms with Gasteiger partial charge in [-0.1, -0.05) is 78.5 Å². The van der Waals surface area contributed by atoms with Gasteiger partial charge in [0.05, 0.1) is 17.0 Å². The van der Waals surface area contributed by atoms with Gasteiger partial charge < -0.3 is 5.32 Å². The topological polar surface area (TPSA) is 72.7 Å². The largest absolute Gasteiger partial charge is 0.356 e. The van der Waals surface area contributed by atoms with E-state index in [9.17, 15) is 4.79 Å². The van der Waals surface area contributed by atoms with Crippen molar-refractivity contribution < 1.29 is 4.79 Å². The summed E-state index contributed by atoms with van der Waals surface area (Å²) >= 11 is 1.37. The molecule has 0 aliphatic carbocycles. The number of pyridine rings is 1. The number of carbonyl (C=O) groups is 1. The molecule has 2 aromatic heterocycles. The van der Waals surface area contributed by atoms with E-state index in [1.54, 1.807) is 0 Å². The first-order valence-electron chi connectivity index (χ1n) is 11.1. The van der Waals surface area contributed by atoms with Crippen LogP contribution in [0.3, 0.4) is 0 Å². The Morgan fingerprint density at radius 3 is 2.38 bits per heavy atom. The van der Waals surface area contributed by atoms with E-state index in [1.807, 2.05) is 78.2 Å². The smallest absolute Gasteiger partial charge is 0.230 e. The second kappa shape index (κ2) is 9.89. The number of nitrogens with one attached hydrogen (secondary N) is 1. The van der Waals surface area contributed by atoms with Gasteiger partial charge >= 0.3 is 0 Å². The molecule has 0 atom stereocenters. The van der Waals surface area contributed by atoms with Crippen LogP contribution < -0.4 is 5.32 Å². The number of nitrogens with zero attached hydrogens (tertiary/aromatic N) is 4. The standard InChI is InChI=1S/C27H23N5OS/c1-2-28-25(33)18-34-27-31-30-26(32(27)20-13-7-4-8-14-20)22-17-24(19-11-5-3-6-12-19)29-23-16-10-9-15-21(22)23/h3-17H,2,18H2,1H3,(H,28,33). The SMILES string of the molecule is CCNC(=O)CSc1nnc(-c2cc(-c3ccccc3)nc3ccccc23)n1-c1ccccc1. The molecule has 3 aromatic carbocycles. The highest BCUT2D eigenvalue weighted by Crippen LogP contribution is 2.34. The van der Waals surface area contributed by atoms with Crippen molar-refractivity contribution in [2.45, 2.75) is 12.1 Å². The highest BCUT2D eigenvalue weighted by Gasteiger charge is 2.20. The molecule has 0 unspecified atom stereocenters. The van der Waals surface area contributed by atoms with Crippen molar-refractivity contribution in [3.05, 3.63) is 91.0 Å². The Morgan fingerprint density at radius 2 is 1.62 bits per heavy atom. The Balaban J connectivity index is 1.69. The Morgan fingerprint density at radius 1 is 0.912 bits per heavy atom. The van der Waals surface area contributed by atoms with Crippen molar-refractivity contribution in [2.24, 2.45) is 0 Å². The van der Waals surface area contributed by atoms with Gasteiger partial charge in [0.15, 0.2) is 11.0 Å². The molecule has 0 bridgehead atoms. The fourth-order valence-corrected chi connectivity index (χ4v) is 4.62. The van der Waals surface area contributed by atoms with Gasteiger partial charge in [0, 0.05) is 28.7 Å². The van der Waals surface area contributed by atoms with Gasteiger partial charge in [0.2, 0.25) is 5.91 Å². The minimum Gasteiger partial charge on any atom is -0.356 e. The number of para-hydroxylation sites is 2. The molecule has 0 aliphatic heterocycles. The maximum Gasteiger partial charge on any atom is 0.230 e. The maximum atomic E-state index is 12.1. The van der Waals surface area contributed by atoms with Gasteiger partial charge in [-0.3, -0.25) is 9.36 Å². The number of hydrogen-bond acceptors (Lipinski definition) is 5. The van der Waals surface area contributed by atoms with Gasteiger partial charge in [-0.25, -0.2) is 4.98 Å². The second-order valence-corrected chi connectivity index (χ2v) is 8.60. The summed E-state index contributed by atoms with van der Waals surface area (Å²) < 4.78 is 2.01. The van der Waals surface area contributed by atoms with E-state index in [-0.39, 0.29) is 11.7 Å². The average Bonchev–Trinajstić information content (AvgIpc) is 3.32. The van der Waals surface area contributed by atoms with Crippen LogP contribution in [0.2, 0.25) is 0 Å². The lowest BCUT2D eigenvalue weighted by Crippen LogP contribution is -2.24. The summed E-state index contributed by atoms with van der Waals surface area (Å²) in [6.45, 7) is 2.51. The fraction of sp³-hybridized carbons (Fsp3) is 0.111. The first kappa shape index (κ1) is 21.9. The van der Waals surface area contributed by atoms with Crippen molar-refractivity contribution >= 4 is 28.6 Å². The molecule has 0 radical (unpaired) electrons. The first-order valence-corrected chi connectivity index (χ1v) is 12.1. The van der Waals surface area contributed by atoms with Crippen LogP contribution in [0.5, 0.6) is 0 Å². The Labute approximate surface area is 202 Å². The number of amides is 1. The van der Waals surface area contributed by atoms with E-state index in [0.717, 1.165) is 33.4 Å². The van der Waals surface area contributed by atoms with Gasteiger partial charge in [0.25, 0.3) is 0 Å². The van der Waals surface area contributed by atoms with Crippen LogP contribution in [0.1, 0.15) is 6.92 Å². The Kier molecular flexibility index (Phi) is 6.35. The van der Waals surface area contributed by atoms with Crippen molar-refractivity contribution in [2.75, 3.05) is 12.3 Å². The molecule has 5 aromatic rings. The highest BCUT2D eigenvalue weighted by molar-refractivity contribution is 7.99. The molecule has 1 N–H and O–H groups in total. The van der Waals surface area contributed by atoms with Gasteiger partial charge in [-0.15, -0.1) is 10.2 Å². The van der Waals surface area contributed by atoms with Crippen LogP contribution in [-0.2, 0) is 4.79 Å². The third-order valence-corrected chi connectivity index (χ3v) is 6.31.